The lowest BCUT2D eigenvalue weighted by Crippen LogP contribution is -2.51. The van der Waals surface area contributed by atoms with Crippen molar-refractivity contribution in [1.29, 1.82) is 0 Å². The van der Waals surface area contributed by atoms with Crippen molar-refractivity contribution in [3.63, 3.8) is 0 Å². The Hall–Kier alpha value is -3.24. The predicted molar refractivity (Wildman–Crippen MR) is 138 cm³/mol. The fraction of sp³-hybridized carbons (Fsp3) is 0.500. The maximum Gasteiger partial charge on any atom is 0.407 e. The average molecular weight is 524 g/mol. The third-order valence-electron chi connectivity index (χ3n) is 7.96. The summed E-state index contributed by atoms with van der Waals surface area (Å²) in [6.07, 6.45) is 9.59. The molecule has 0 spiro atoms. The van der Waals surface area contributed by atoms with Crippen molar-refractivity contribution in [2.24, 2.45) is 0 Å². The van der Waals surface area contributed by atoms with Gasteiger partial charge in [0.1, 0.15) is 17.1 Å². The maximum absolute atomic E-state index is 11.6. The molecule has 3 aliphatic heterocycles. The topological polar surface area (TPSA) is 110 Å². The molecule has 1 amide bonds. The molecule has 3 aromatic heterocycles. The van der Waals surface area contributed by atoms with Crippen molar-refractivity contribution in [3.05, 3.63) is 41.8 Å². The highest BCUT2D eigenvalue weighted by molar-refractivity contribution is 6.32. The number of rotatable bonds is 5. The molecule has 0 radical (unpaired) electrons. The number of carbonyl (C=O) groups is 1. The minimum atomic E-state index is -0.804. The fourth-order valence-electron chi connectivity index (χ4n) is 5.97. The Kier molecular flexibility index (Phi) is 6.46. The number of amides is 1. The third-order valence-corrected chi connectivity index (χ3v) is 8.25. The van der Waals surface area contributed by atoms with Crippen LogP contribution in [0.2, 0.25) is 5.15 Å². The van der Waals surface area contributed by atoms with Gasteiger partial charge in [0.05, 0.1) is 11.9 Å². The Balaban J connectivity index is 1.15. The van der Waals surface area contributed by atoms with Gasteiger partial charge in [-0.1, -0.05) is 11.6 Å². The van der Waals surface area contributed by atoms with Gasteiger partial charge in [-0.3, -0.25) is 0 Å². The van der Waals surface area contributed by atoms with Crippen LogP contribution in [0.5, 0.6) is 0 Å². The smallest absolute Gasteiger partial charge is 0.407 e. The zero-order valence-corrected chi connectivity index (χ0v) is 21.5. The van der Waals surface area contributed by atoms with Gasteiger partial charge in [0, 0.05) is 49.1 Å². The van der Waals surface area contributed by atoms with Crippen LogP contribution in [0.3, 0.4) is 0 Å². The summed E-state index contributed by atoms with van der Waals surface area (Å²) in [6.45, 7) is 0.761. The first-order valence-corrected chi connectivity index (χ1v) is 13.3. The van der Waals surface area contributed by atoms with Gasteiger partial charge in [-0.25, -0.2) is 14.5 Å². The molecule has 0 saturated carbocycles. The average Bonchev–Trinajstić information content (AvgIpc) is 3.51. The van der Waals surface area contributed by atoms with E-state index in [0.29, 0.717) is 16.5 Å². The summed E-state index contributed by atoms with van der Waals surface area (Å²) >= 11 is 6.58. The Morgan fingerprint density at radius 1 is 1.08 bits per heavy atom. The minimum Gasteiger partial charge on any atom is -0.465 e. The second-order valence-corrected chi connectivity index (χ2v) is 10.5. The van der Waals surface area contributed by atoms with Crippen LogP contribution in [0.4, 0.5) is 10.6 Å². The number of hydrogen-bond acceptors (Lipinski definition) is 7. The van der Waals surface area contributed by atoms with Crippen molar-refractivity contribution in [1.82, 2.24) is 29.9 Å². The van der Waals surface area contributed by atoms with Gasteiger partial charge in [-0.2, -0.15) is 5.10 Å². The van der Waals surface area contributed by atoms with Crippen molar-refractivity contribution in [2.45, 2.75) is 69.3 Å². The summed E-state index contributed by atoms with van der Waals surface area (Å²) in [5.74, 6) is 0.761. The summed E-state index contributed by atoms with van der Waals surface area (Å²) < 4.78 is 7.68. The lowest BCUT2D eigenvalue weighted by atomic mass is 9.96. The summed E-state index contributed by atoms with van der Waals surface area (Å²) in [5.41, 5.74) is 2.98. The van der Waals surface area contributed by atoms with Crippen LogP contribution in [-0.4, -0.2) is 72.8 Å². The van der Waals surface area contributed by atoms with E-state index in [9.17, 15) is 9.90 Å². The second kappa shape index (κ2) is 9.90. The van der Waals surface area contributed by atoms with Crippen molar-refractivity contribution < 1.29 is 14.6 Å². The van der Waals surface area contributed by atoms with Gasteiger partial charge < -0.3 is 19.6 Å². The Morgan fingerprint density at radius 3 is 2.51 bits per heavy atom. The van der Waals surface area contributed by atoms with Gasteiger partial charge in [0.15, 0.2) is 5.82 Å². The number of piperidine rings is 1. The van der Waals surface area contributed by atoms with Crippen molar-refractivity contribution in [3.8, 4) is 22.5 Å². The molecule has 194 valence electrons. The molecule has 11 heteroatoms. The Labute approximate surface area is 220 Å². The molecule has 6 rings (SSSR count). The van der Waals surface area contributed by atoms with E-state index in [-0.39, 0.29) is 24.4 Å². The third kappa shape index (κ3) is 4.64. The van der Waals surface area contributed by atoms with Crippen LogP contribution in [0, 0.1) is 0 Å². The highest BCUT2D eigenvalue weighted by atomic mass is 35.5. The number of ether oxygens (including phenoxy) is 1. The monoisotopic (exact) mass is 523 g/mol. The van der Waals surface area contributed by atoms with Gasteiger partial charge >= 0.3 is 6.09 Å². The first kappa shape index (κ1) is 24.1. The minimum absolute atomic E-state index is 0.0275. The highest BCUT2D eigenvalue weighted by Crippen LogP contribution is 2.38. The number of nitrogens with zero attached hydrogens (tertiary/aromatic N) is 7. The lowest BCUT2D eigenvalue weighted by molar-refractivity contribution is -0.0394. The van der Waals surface area contributed by atoms with Gasteiger partial charge in [0.25, 0.3) is 0 Å². The first-order chi connectivity index (χ1) is 18.0. The van der Waals surface area contributed by atoms with Gasteiger partial charge in [0.2, 0.25) is 0 Å². The number of pyridine rings is 1. The van der Waals surface area contributed by atoms with Crippen LogP contribution < -0.4 is 4.90 Å². The second-order valence-electron chi connectivity index (χ2n) is 10.2. The quantitative estimate of drug-likeness (QED) is 0.472. The van der Waals surface area contributed by atoms with E-state index in [2.05, 4.69) is 25.2 Å². The van der Waals surface area contributed by atoms with Crippen LogP contribution in [-0.2, 0) is 4.74 Å². The van der Waals surface area contributed by atoms with E-state index in [1.165, 1.54) is 0 Å². The first-order valence-electron chi connectivity index (χ1n) is 12.9. The van der Waals surface area contributed by atoms with Crippen molar-refractivity contribution in [2.75, 3.05) is 18.6 Å². The fourth-order valence-corrected chi connectivity index (χ4v) is 6.24. The lowest BCUT2D eigenvalue weighted by Gasteiger charge is -2.41. The van der Waals surface area contributed by atoms with E-state index in [4.69, 9.17) is 16.3 Å². The molecule has 2 bridgehead atoms. The van der Waals surface area contributed by atoms with Crippen LogP contribution in [0.1, 0.15) is 51.2 Å². The predicted octanol–water partition coefficient (Wildman–Crippen LogP) is 4.86. The molecule has 6 heterocycles. The van der Waals surface area contributed by atoms with Crippen LogP contribution >= 0.6 is 11.6 Å². The normalized spacial score (nSPS) is 25.3. The molecule has 10 nitrogen and oxygen atoms in total. The molecule has 0 aliphatic carbocycles. The van der Waals surface area contributed by atoms with Crippen molar-refractivity contribution >= 4 is 23.5 Å². The molecule has 0 aromatic carbocycles. The van der Waals surface area contributed by atoms with Gasteiger partial charge in [-0.05, 0) is 69.2 Å². The Bertz CT molecular complexity index is 1260. The number of fused-ring (bicyclic) bond motifs is 2. The molecule has 3 atom stereocenters. The number of aromatic nitrogens is 5. The zero-order valence-electron chi connectivity index (χ0n) is 20.7. The number of halogens is 1. The number of anilines is 1. The summed E-state index contributed by atoms with van der Waals surface area (Å²) in [5, 5.41) is 23.3. The van der Waals surface area contributed by atoms with E-state index < -0.39 is 6.09 Å². The SMILES string of the molecule is CN(c1ccc(-c2ccc(-c3cnn(C4CCCCO4)c3)c(Cl)n2)nn1)C1CC2CCC(C1)N2C(=O)O. The van der Waals surface area contributed by atoms with Crippen LogP contribution in [0.25, 0.3) is 22.5 Å². The molecule has 37 heavy (non-hydrogen) atoms. The Morgan fingerprint density at radius 2 is 1.86 bits per heavy atom. The molecule has 3 unspecified atom stereocenters. The van der Waals surface area contributed by atoms with E-state index in [1.807, 2.05) is 42.2 Å². The summed E-state index contributed by atoms with van der Waals surface area (Å²) in [6, 6.07) is 8.07. The van der Waals surface area contributed by atoms with E-state index >= 15 is 0 Å². The van der Waals surface area contributed by atoms with E-state index in [1.54, 1.807) is 11.1 Å². The molecule has 3 aromatic rings. The number of hydrogen-bond donors (Lipinski definition) is 1. The molecule has 3 fully saturated rings. The zero-order chi connectivity index (χ0) is 25.5. The maximum atomic E-state index is 11.6. The summed E-state index contributed by atoms with van der Waals surface area (Å²) in [7, 11) is 2.01. The molecule has 3 aliphatic rings. The molecular formula is C26H30ClN7O3. The number of carboxylic acid groups (broad SMARTS) is 1. The standard InChI is InChI=1S/C26H30ClN7O3/c1-32(19-12-17-5-6-18(13-19)34(17)26(35)36)23-10-9-22(30-31-23)21-8-7-20(25(27)29-21)16-14-28-33(15-16)24-4-2-3-11-37-24/h7-10,14-15,17-19,24H,2-6,11-13H2,1H3,(H,35,36). The van der Waals surface area contributed by atoms with E-state index in [0.717, 1.165) is 68.5 Å². The van der Waals surface area contributed by atoms with Gasteiger partial charge in [-0.15, -0.1) is 10.2 Å². The molecular weight excluding hydrogens is 494 g/mol. The largest absolute Gasteiger partial charge is 0.465 e. The molecule has 1 N–H and O–H groups in total. The summed E-state index contributed by atoms with van der Waals surface area (Å²) in [4.78, 5) is 19.9. The highest BCUT2D eigenvalue weighted by Gasteiger charge is 2.44. The van der Waals surface area contributed by atoms with Crippen LogP contribution in [0.15, 0.2) is 36.7 Å². The molecule has 3 saturated heterocycles.